The van der Waals surface area contributed by atoms with Crippen LogP contribution in [0.1, 0.15) is 17.3 Å². The Morgan fingerprint density at radius 3 is 2.42 bits per heavy atom. The van der Waals surface area contributed by atoms with Crippen LogP contribution in [-0.2, 0) is 9.59 Å². The van der Waals surface area contributed by atoms with Gasteiger partial charge in [0.05, 0.1) is 12.5 Å². The molecule has 0 fully saturated rings. The van der Waals surface area contributed by atoms with Gasteiger partial charge < -0.3 is 5.32 Å². The normalized spacial score (nSPS) is 11.6. The van der Waals surface area contributed by atoms with Crippen LogP contribution in [0, 0.1) is 5.92 Å². The maximum absolute atomic E-state index is 12.2. The lowest BCUT2D eigenvalue weighted by molar-refractivity contribution is -0.119. The van der Waals surface area contributed by atoms with Crippen molar-refractivity contribution >= 4 is 17.3 Å². The molecule has 0 radical (unpaired) electrons. The van der Waals surface area contributed by atoms with E-state index < -0.39 is 5.92 Å². The van der Waals surface area contributed by atoms with Crippen LogP contribution < -0.4 is 5.32 Å². The van der Waals surface area contributed by atoms with Gasteiger partial charge in [-0.15, -0.1) is 0 Å². The second kappa shape index (κ2) is 7.38. The molecule has 0 aliphatic rings. The monoisotopic (exact) mass is 259 g/mol. The minimum Gasteiger partial charge on any atom is -0.309 e. The molecule has 19 heavy (non-hydrogen) atoms. The molecule has 4 heteroatoms. The highest BCUT2D eigenvalue weighted by Crippen LogP contribution is 2.09. The summed E-state index contributed by atoms with van der Waals surface area (Å²) in [5.74, 6) is -1.38. The molecule has 1 aromatic rings. The number of benzene rings is 1. The Hall–Kier alpha value is -2.07. The summed E-state index contributed by atoms with van der Waals surface area (Å²) in [4.78, 5) is 34.8. The highest BCUT2D eigenvalue weighted by molar-refractivity contribution is 6.10. The Labute approximate surface area is 112 Å². The predicted octanol–water partition coefficient (Wildman–Crippen LogP) is 1.42. The molecule has 0 aliphatic heterocycles. The van der Waals surface area contributed by atoms with Gasteiger partial charge >= 0.3 is 0 Å². The minimum absolute atomic E-state index is 0.0787. The van der Waals surface area contributed by atoms with Gasteiger partial charge in [0.25, 0.3) is 0 Å². The predicted molar refractivity (Wildman–Crippen MR) is 73.0 cm³/mol. The number of hydrogen-bond donors (Lipinski definition) is 1. The molecule has 1 unspecified atom stereocenters. The highest BCUT2D eigenvalue weighted by Gasteiger charge is 2.23. The maximum Gasteiger partial charge on any atom is 0.174 e. The molecule has 0 aromatic heterocycles. The zero-order valence-electron chi connectivity index (χ0n) is 10.9. The van der Waals surface area contributed by atoms with Crippen molar-refractivity contribution in [2.75, 3.05) is 13.1 Å². The zero-order valence-corrected chi connectivity index (χ0v) is 10.9. The van der Waals surface area contributed by atoms with E-state index in [9.17, 15) is 14.4 Å². The Morgan fingerprint density at radius 2 is 1.89 bits per heavy atom. The van der Waals surface area contributed by atoms with Gasteiger partial charge in [0.2, 0.25) is 0 Å². The molecule has 0 spiro atoms. The molecular formula is C15H17NO3. The van der Waals surface area contributed by atoms with E-state index in [0.29, 0.717) is 5.56 Å². The molecule has 0 heterocycles. The van der Waals surface area contributed by atoms with E-state index >= 15 is 0 Å². The van der Waals surface area contributed by atoms with E-state index in [1.165, 1.54) is 13.0 Å². The third-order valence-corrected chi connectivity index (χ3v) is 2.74. The smallest absolute Gasteiger partial charge is 0.174 e. The minimum atomic E-state index is -0.764. The lowest BCUT2D eigenvalue weighted by Gasteiger charge is -2.13. The van der Waals surface area contributed by atoms with Gasteiger partial charge in [-0.3, -0.25) is 14.4 Å². The van der Waals surface area contributed by atoms with E-state index in [4.69, 9.17) is 0 Å². The Bertz CT molecular complexity index is 479. The molecule has 1 aromatic carbocycles. The number of ketones is 3. The number of Topliss-reactive ketones (excluding diaryl/α,β-unsaturated/α-hetero) is 2. The van der Waals surface area contributed by atoms with Crippen LogP contribution in [0.5, 0.6) is 0 Å². The van der Waals surface area contributed by atoms with Gasteiger partial charge in [-0.1, -0.05) is 36.9 Å². The fourth-order valence-corrected chi connectivity index (χ4v) is 1.64. The first-order chi connectivity index (χ1) is 9.06. The van der Waals surface area contributed by atoms with Crippen LogP contribution in [0.15, 0.2) is 43.0 Å². The molecule has 1 rings (SSSR count). The number of carbonyl (C=O) groups is 3. The van der Waals surface area contributed by atoms with Gasteiger partial charge in [0.15, 0.2) is 11.6 Å². The third kappa shape index (κ3) is 4.60. The second-order valence-corrected chi connectivity index (χ2v) is 4.19. The van der Waals surface area contributed by atoms with Crippen LogP contribution in [-0.4, -0.2) is 30.4 Å². The molecular weight excluding hydrogens is 242 g/mol. The number of nitrogens with one attached hydrogen (secondary N) is 1. The van der Waals surface area contributed by atoms with Gasteiger partial charge in [0.1, 0.15) is 5.78 Å². The molecule has 0 aliphatic carbocycles. The Kier molecular flexibility index (Phi) is 5.82. The molecule has 1 N–H and O–H groups in total. The van der Waals surface area contributed by atoms with Crippen LogP contribution in [0.4, 0.5) is 0 Å². The Morgan fingerprint density at radius 1 is 1.26 bits per heavy atom. The first-order valence-corrected chi connectivity index (χ1v) is 6.02. The van der Waals surface area contributed by atoms with Crippen LogP contribution >= 0.6 is 0 Å². The maximum atomic E-state index is 12.2. The van der Waals surface area contributed by atoms with Crippen molar-refractivity contribution in [1.29, 1.82) is 0 Å². The molecule has 4 nitrogen and oxygen atoms in total. The Balaban J connectivity index is 2.68. The van der Waals surface area contributed by atoms with Crippen LogP contribution in [0.2, 0.25) is 0 Å². The number of hydrogen-bond acceptors (Lipinski definition) is 4. The topological polar surface area (TPSA) is 63.2 Å². The third-order valence-electron chi connectivity index (χ3n) is 2.74. The van der Waals surface area contributed by atoms with Crippen molar-refractivity contribution in [3.63, 3.8) is 0 Å². The SMILES string of the molecule is C=CC(=O)CNCC(C(C)=O)C(=O)c1ccccc1. The lowest BCUT2D eigenvalue weighted by atomic mass is 9.94. The summed E-state index contributed by atoms with van der Waals surface area (Å²) in [6.07, 6.45) is 1.20. The first kappa shape index (κ1) is 15.0. The van der Waals surface area contributed by atoms with Gasteiger partial charge in [-0.25, -0.2) is 0 Å². The average Bonchev–Trinajstić information content (AvgIpc) is 2.43. The summed E-state index contributed by atoms with van der Waals surface area (Å²) in [5.41, 5.74) is 0.500. The second-order valence-electron chi connectivity index (χ2n) is 4.19. The summed E-state index contributed by atoms with van der Waals surface area (Å²) in [6.45, 7) is 4.96. The molecule has 1 atom stereocenters. The zero-order chi connectivity index (χ0) is 14.3. The van der Waals surface area contributed by atoms with Crippen molar-refractivity contribution in [3.8, 4) is 0 Å². The summed E-state index contributed by atoms with van der Waals surface area (Å²) < 4.78 is 0. The summed E-state index contributed by atoms with van der Waals surface area (Å²) in [5, 5.41) is 2.81. The standard InChI is InChI=1S/C15H17NO3/c1-3-13(18)9-16-10-14(11(2)17)15(19)12-7-5-4-6-8-12/h3-8,14,16H,1,9-10H2,2H3. The average molecular weight is 259 g/mol. The van der Waals surface area contributed by atoms with Crippen molar-refractivity contribution in [2.45, 2.75) is 6.92 Å². The van der Waals surface area contributed by atoms with E-state index in [-0.39, 0.29) is 30.4 Å². The van der Waals surface area contributed by atoms with E-state index in [2.05, 4.69) is 11.9 Å². The van der Waals surface area contributed by atoms with Gasteiger partial charge in [-0.2, -0.15) is 0 Å². The molecule has 0 saturated heterocycles. The van der Waals surface area contributed by atoms with Crippen molar-refractivity contribution in [3.05, 3.63) is 48.6 Å². The fourth-order valence-electron chi connectivity index (χ4n) is 1.64. The molecule has 100 valence electrons. The number of carbonyl (C=O) groups excluding carboxylic acids is 3. The van der Waals surface area contributed by atoms with E-state index in [1.807, 2.05) is 0 Å². The fraction of sp³-hybridized carbons (Fsp3) is 0.267. The van der Waals surface area contributed by atoms with Gasteiger partial charge in [-0.05, 0) is 13.0 Å². The summed E-state index contributed by atoms with van der Waals surface area (Å²) in [7, 11) is 0. The lowest BCUT2D eigenvalue weighted by Crippen LogP contribution is -2.35. The van der Waals surface area contributed by atoms with Crippen LogP contribution in [0.25, 0.3) is 0 Å². The van der Waals surface area contributed by atoms with Gasteiger partial charge in [0, 0.05) is 12.1 Å². The number of rotatable bonds is 8. The van der Waals surface area contributed by atoms with Crippen molar-refractivity contribution in [1.82, 2.24) is 5.32 Å². The molecule has 0 saturated carbocycles. The summed E-state index contributed by atoms with van der Waals surface area (Å²) in [6, 6.07) is 8.65. The van der Waals surface area contributed by atoms with E-state index in [0.717, 1.165) is 0 Å². The summed E-state index contributed by atoms with van der Waals surface area (Å²) >= 11 is 0. The first-order valence-electron chi connectivity index (χ1n) is 6.02. The largest absolute Gasteiger partial charge is 0.309 e. The quantitative estimate of drug-likeness (QED) is 0.435. The van der Waals surface area contributed by atoms with Crippen molar-refractivity contribution < 1.29 is 14.4 Å². The molecule has 0 bridgehead atoms. The molecule has 0 amide bonds. The van der Waals surface area contributed by atoms with Crippen molar-refractivity contribution in [2.24, 2.45) is 5.92 Å². The van der Waals surface area contributed by atoms with Crippen LogP contribution in [0.3, 0.4) is 0 Å². The highest BCUT2D eigenvalue weighted by atomic mass is 16.2. The van der Waals surface area contributed by atoms with E-state index in [1.54, 1.807) is 30.3 Å².